The van der Waals surface area contributed by atoms with Gasteiger partial charge in [0.2, 0.25) is 0 Å². The number of allylic oxidation sites excluding steroid dienone is 1. The Labute approximate surface area is 47.3 Å². The molecule has 0 saturated carbocycles. The van der Waals surface area contributed by atoms with Crippen molar-refractivity contribution in [2.45, 2.75) is 6.92 Å². The van der Waals surface area contributed by atoms with Gasteiger partial charge in [0.25, 0.3) is 0 Å². The fraction of sp³-hybridized carbons (Fsp3) is 0.200. The van der Waals surface area contributed by atoms with Gasteiger partial charge >= 0.3 is 5.91 Å². The van der Waals surface area contributed by atoms with E-state index in [0.29, 0.717) is 5.01 Å². The fourth-order valence-electron chi connectivity index (χ4n) is 0.509. The largest absolute Gasteiger partial charge is 0.339 e. The molecular weight excluding hydrogens is 104 g/mol. The summed E-state index contributed by atoms with van der Waals surface area (Å²) in [5.74, 6) is 0.0231. The topological polar surface area (TPSA) is 33.9 Å². The summed E-state index contributed by atoms with van der Waals surface area (Å²) >= 11 is 0. The molecule has 0 bridgehead atoms. The van der Waals surface area contributed by atoms with E-state index in [-0.39, 0.29) is 5.91 Å². The van der Waals surface area contributed by atoms with Gasteiger partial charge in [-0.05, 0) is 0 Å². The number of quaternary nitrogens is 1. The van der Waals surface area contributed by atoms with Crippen molar-refractivity contribution < 1.29 is 9.80 Å². The molecule has 1 N–H and O–H groups in total. The summed E-state index contributed by atoms with van der Waals surface area (Å²) in [6, 6.07) is 0. The van der Waals surface area contributed by atoms with Crippen molar-refractivity contribution in [3.05, 3.63) is 12.3 Å². The second-order valence-corrected chi connectivity index (χ2v) is 1.58. The minimum Gasteiger partial charge on any atom is -0.228 e. The number of hydrogen-bond donors (Lipinski definition) is 1. The summed E-state index contributed by atoms with van der Waals surface area (Å²) in [6.07, 6.45) is 5.05. The maximum atomic E-state index is 10.4. The van der Waals surface area contributed by atoms with E-state index in [0.717, 1.165) is 0 Å². The van der Waals surface area contributed by atoms with Crippen molar-refractivity contribution in [2.24, 2.45) is 5.10 Å². The molecular formula is C5H7N2O+. The second kappa shape index (κ2) is 1.88. The first-order chi connectivity index (χ1) is 3.80. The average molecular weight is 111 g/mol. The molecule has 3 heteroatoms. The van der Waals surface area contributed by atoms with Crippen LogP contribution in [0.15, 0.2) is 17.4 Å². The lowest BCUT2D eigenvalue weighted by atomic mass is 10.6. The Morgan fingerprint density at radius 2 is 2.50 bits per heavy atom. The van der Waals surface area contributed by atoms with E-state index in [1.165, 1.54) is 6.92 Å². The lowest BCUT2D eigenvalue weighted by molar-refractivity contribution is -0.766. The number of nitrogens with zero attached hydrogens (tertiary/aromatic N) is 1. The molecule has 0 aromatic heterocycles. The smallest absolute Gasteiger partial charge is 0.228 e. The molecule has 0 radical (unpaired) electrons. The fourth-order valence-corrected chi connectivity index (χ4v) is 0.509. The minimum atomic E-state index is 0.0231. The number of rotatable bonds is 0. The van der Waals surface area contributed by atoms with Crippen molar-refractivity contribution in [3.8, 4) is 0 Å². The van der Waals surface area contributed by atoms with Gasteiger partial charge in [0.15, 0.2) is 0 Å². The van der Waals surface area contributed by atoms with Crippen LogP contribution in [0.4, 0.5) is 0 Å². The van der Waals surface area contributed by atoms with Crippen LogP contribution in [0.25, 0.3) is 0 Å². The number of hydrogen-bond acceptors (Lipinski definition) is 2. The van der Waals surface area contributed by atoms with Gasteiger partial charge in [0.05, 0.1) is 13.1 Å². The zero-order valence-corrected chi connectivity index (χ0v) is 4.59. The van der Waals surface area contributed by atoms with Crippen LogP contribution in [0.3, 0.4) is 0 Å². The molecule has 8 heavy (non-hydrogen) atoms. The predicted molar refractivity (Wildman–Crippen MR) is 29.3 cm³/mol. The van der Waals surface area contributed by atoms with E-state index in [1.54, 1.807) is 18.5 Å². The number of amides is 1. The Morgan fingerprint density at radius 3 is 2.75 bits per heavy atom. The molecule has 42 valence electrons. The molecule has 1 unspecified atom stereocenters. The van der Waals surface area contributed by atoms with Gasteiger partial charge in [-0.15, -0.1) is 5.01 Å². The van der Waals surface area contributed by atoms with E-state index in [1.807, 2.05) is 0 Å². The molecule has 0 fully saturated rings. The van der Waals surface area contributed by atoms with E-state index >= 15 is 0 Å². The van der Waals surface area contributed by atoms with Crippen LogP contribution in [0, 0.1) is 0 Å². The lowest BCUT2D eigenvalue weighted by Crippen LogP contribution is -3.04. The van der Waals surface area contributed by atoms with Crippen LogP contribution in [-0.4, -0.2) is 12.1 Å². The normalized spacial score (nSPS) is 24.4. The van der Waals surface area contributed by atoms with Gasteiger partial charge in [-0.3, -0.25) is 0 Å². The number of carbonyl (C=O) groups is 1. The Kier molecular flexibility index (Phi) is 1.22. The molecule has 3 nitrogen and oxygen atoms in total. The lowest BCUT2D eigenvalue weighted by Gasteiger charge is -1.93. The van der Waals surface area contributed by atoms with Gasteiger partial charge in [-0.1, -0.05) is 5.10 Å². The van der Waals surface area contributed by atoms with Crippen molar-refractivity contribution >= 4 is 12.1 Å². The van der Waals surface area contributed by atoms with Crippen LogP contribution >= 0.6 is 0 Å². The summed E-state index contributed by atoms with van der Waals surface area (Å²) in [7, 11) is 0. The molecule has 1 amide bonds. The minimum absolute atomic E-state index is 0.0231. The second-order valence-electron chi connectivity index (χ2n) is 1.58. The summed E-state index contributed by atoms with van der Waals surface area (Å²) in [5.41, 5.74) is 0. The highest BCUT2D eigenvalue weighted by molar-refractivity contribution is 5.74. The maximum Gasteiger partial charge on any atom is 0.339 e. The molecule has 1 aliphatic heterocycles. The summed E-state index contributed by atoms with van der Waals surface area (Å²) in [6.45, 7) is 1.50. The van der Waals surface area contributed by atoms with Gasteiger partial charge < -0.3 is 0 Å². The maximum absolute atomic E-state index is 10.4. The van der Waals surface area contributed by atoms with Crippen LogP contribution in [0.5, 0.6) is 0 Å². The first-order valence-electron chi connectivity index (χ1n) is 2.39. The monoisotopic (exact) mass is 111 g/mol. The molecule has 0 aliphatic carbocycles. The van der Waals surface area contributed by atoms with Crippen LogP contribution in [0.1, 0.15) is 6.92 Å². The highest BCUT2D eigenvalue weighted by Crippen LogP contribution is 1.66. The molecule has 1 rings (SSSR count). The van der Waals surface area contributed by atoms with Crippen LogP contribution < -0.4 is 5.01 Å². The summed E-state index contributed by atoms with van der Waals surface area (Å²) < 4.78 is 0. The third-order valence-corrected chi connectivity index (χ3v) is 0.914. The first kappa shape index (κ1) is 5.18. The van der Waals surface area contributed by atoms with Crippen molar-refractivity contribution in [1.29, 1.82) is 0 Å². The molecule has 1 aliphatic rings. The highest BCUT2D eigenvalue weighted by Gasteiger charge is 2.10. The van der Waals surface area contributed by atoms with Crippen LogP contribution in [-0.2, 0) is 4.79 Å². The predicted octanol–water partition coefficient (Wildman–Crippen LogP) is -1.07. The van der Waals surface area contributed by atoms with Gasteiger partial charge in [0, 0.05) is 6.08 Å². The van der Waals surface area contributed by atoms with Gasteiger partial charge in [-0.2, -0.15) is 0 Å². The van der Waals surface area contributed by atoms with E-state index in [9.17, 15) is 4.79 Å². The quantitative estimate of drug-likeness (QED) is 0.424. The number of nitrogens with one attached hydrogen (secondary N) is 1. The van der Waals surface area contributed by atoms with Crippen molar-refractivity contribution in [1.82, 2.24) is 0 Å². The van der Waals surface area contributed by atoms with Crippen molar-refractivity contribution in [3.63, 3.8) is 0 Å². The zero-order valence-electron chi connectivity index (χ0n) is 4.59. The molecule has 0 saturated heterocycles. The average Bonchev–Trinajstić information content (AvgIpc) is 2.12. The summed E-state index contributed by atoms with van der Waals surface area (Å²) in [5, 5.41) is 4.31. The van der Waals surface area contributed by atoms with Gasteiger partial charge in [0.1, 0.15) is 6.20 Å². The Morgan fingerprint density at radius 1 is 1.75 bits per heavy atom. The third-order valence-electron chi connectivity index (χ3n) is 0.914. The highest BCUT2D eigenvalue weighted by atomic mass is 16.2. The zero-order chi connectivity index (χ0) is 5.98. The Bertz CT molecular complexity index is 148. The Balaban J connectivity index is 2.62. The molecule has 1 atom stereocenters. The van der Waals surface area contributed by atoms with Crippen LogP contribution in [0.2, 0.25) is 0 Å². The standard InChI is InChI=1S/C5H6N2O/c1-5(8)7-4-2-3-6-7/h2-4H,1H3/p+1. The molecule has 1 heterocycles. The first-order valence-corrected chi connectivity index (χ1v) is 2.39. The van der Waals surface area contributed by atoms with E-state index in [2.05, 4.69) is 5.10 Å². The summed E-state index contributed by atoms with van der Waals surface area (Å²) in [4.78, 5) is 10.4. The molecule has 0 spiro atoms. The third kappa shape index (κ3) is 0.816. The SMILES string of the molecule is CC(=O)[NH+]1C=CC=N1. The molecule has 0 aromatic rings. The van der Waals surface area contributed by atoms with E-state index < -0.39 is 0 Å². The van der Waals surface area contributed by atoms with Crippen molar-refractivity contribution in [2.75, 3.05) is 0 Å². The Hall–Kier alpha value is -0.960. The number of carbonyl (C=O) groups excluding carboxylic acids is 1. The van der Waals surface area contributed by atoms with E-state index in [4.69, 9.17) is 0 Å². The van der Waals surface area contributed by atoms with Gasteiger partial charge in [-0.25, -0.2) is 4.79 Å². The molecule has 0 aromatic carbocycles.